The second-order valence-corrected chi connectivity index (χ2v) is 5.30. The van der Waals surface area contributed by atoms with Crippen molar-refractivity contribution < 1.29 is 0 Å². The van der Waals surface area contributed by atoms with Crippen molar-refractivity contribution in [3.8, 4) is 6.07 Å². The molecule has 2 heteroatoms. The maximum Gasteiger partial charge on any atom is 0.0779 e. The van der Waals surface area contributed by atoms with E-state index in [1.807, 2.05) is 44.4 Å². The van der Waals surface area contributed by atoms with Crippen LogP contribution in [0.3, 0.4) is 0 Å². The van der Waals surface area contributed by atoms with Gasteiger partial charge in [0.1, 0.15) is 0 Å². The molecule has 0 heterocycles. The fraction of sp³-hybridized carbons (Fsp3) is 0.278. The van der Waals surface area contributed by atoms with Crippen LogP contribution in [0, 0.1) is 11.3 Å². The van der Waals surface area contributed by atoms with Crippen molar-refractivity contribution in [2.75, 3.05) is 19.0 Å². The predicted octanol–water partition coefficient (Wildman–Crippen LogP) is 4.16. The number of rotatable bonds is 4. The second kappa shape index (κ2) is 6.25. The van der Waals surface area contributed by atoms with Gasteiger partial charge in [-0.05, 0) is 23.3 Å². The number of anilines is 1. The highest BCUT2D eigenvalue weighted by Gasteiger charge is 2.20. The van der Waals surface area contributed by atoms with Crippen LogP contribution in [0.1, 0.15) is 29.9 Å². The normalized spacial score (nSPS) is 13.3. The zero-order chi connectivity index (χ0) is 14.5. The molecule has 2 aromatic carbocycles. The largest absolute Gasteiger partial charge is 0.378 e. The molecule has 0 fully saturated rings. The van der Waals surface area contributed by atoms with Crippen LogP contribution in [0.4, 0.5) is 5.69 Å². The molecule has 0 saturated carbocycles. The highest BCUT2D eigenvalue weighted by atomic mass is 15.1. The van der Waals surface area contributed by atoms with Gasteiger partial charge in [-0.1, -0.05) is 49.4 Å². The quantitative estimate of drug-likeness (QED) is 0.829. The van der Waals surface area contributed by atoms with Crippen molar-refractivity contribution in [2.45, 2.75) is 18.8 Å². The molecule has 2 atom stereocenters. The van der Waals surface area contributed by atoms with Crippen molar-refractivity contribution in [1.29, 1.82) is 5.26 Å². The molecule has 0 aliphatic carbocycles. The van der Waals surface area contributed by atoms with Crippen molar-refractivity contribution in [3.05, 3.63) is 65.7 Å². The molecule has 2 nitrogen and oxygen atoms in total. The van der Waals surface area contributed by atoms with Crippen LogP contribution in [0.2, 0.25) is 0 Å². The minimum absolute atomic E-state index is 0.128. The van der Waals surface area contributed by atoms with E-state index in [0.717, 1.165) is 11.3 Å². The average molecular weight is 264 g/mol. The molecular formula is C18H20N2. The van der Waals surface area contributed by atoms with Gasteiger partial charge in [0.05, 0.1) is 12.0 Å². The molecule has 2 unspecified atom stereocenters. The summed E-state index contributed by atoms with van der Waals surface area (Å²) < 4.78 is 0. The van der Waals surface area contributed by atoms with Gasteiger partial charge in [0.25, 0.3) is 0 Å². The van der Waals surface area contributed by atoms with Crippen LogP contribution in [0.25, 0.3) is 0 Å². The highest BCUT2D eigenvalue weighted by molar-refractivity contribution is 5.49. The summed E-state index contributed by atoms with van der Waals surface area (Å²) in [6, 6.07) is 20.9. The standard InChI is InChI=1S/C18H20N2/c1-14(15-8-5-4-6-9-15)18(13-19)16-10-7-11-17(12-16)20(2)3/h4-12,14,18H,1-3H3. The SMILES string of the molecule is CC(c1ccccc1)C(C#N)c1cccc(N(C)C)c1. The molecule has 0 amide bonds. The molecule has 2 rings (SSSR count). The molecule has 102 valence electrons. The Morgan fingerprint density at radius 2 is 1.60 bits per heavy atom. The van der Waals surface area contributed by atoms with Crippen molar-refractivity contribution >= 4 is 5.69 Å². The van der Waals surface area contributed by atoms with Gasteiger partial charge in [-0.3, -0.25) is 0 Å². The third kappa shape index (κ3) is 3.00. The second-order valence-electron chi connectivity index (χ2n) is 5.30. The molecule has 0 spiro atoms. The number of benzene rings is 2. The summed E-state index contributed by atoms with van der Waals surface area (Å²) >= 11 is 0. The fourth-order valence-electron chi connectivity index (χ4n) is 2.42. The first-order valence-corrected chi connectivity index (χ1v) is 6.85. The predicted molar refractivity (Wildman–Crippen MR) is 84.0 cm³/mol. The lowest BCUT2D eigenvalue weighted by Crippen LogP contribution is -2.11. The fourth-order valence-corrected chi connectivity index (χ4v) is 2.42. The lowest BCUT2D eigenvalue weighted by atomic mass is 9.83. The van der Waals surface area contributed by atoms with Gasteiger partial charge in [0.15, 0.2) is 0 Å². The number of nitriles is 1. The Labute approximate surface area is 121 Å². The highest BCUT2D eigenvalue weighted by Crippen LogP contribution is 2.33. The van der Waals surface area contributed by atoms with Crippen LogP contribution >= 0.6 is 0 Å². The Morgan fingerprint density at radius 3 is 2.20 bits per heavy atom. The molecule has 0 radical (unpaired) electrons. The van der Waals surface area contributed by atoms with Crippen molar-refractivity contribution in [3.63, 3.8) is 0 Å². The van der Waals surface area contributed by atoms with E-state index in [0.29, 0.717) is 0 Å². The molecule has 0 aromatic heterocycles. The zero-order valence-corrected chi connectivity index (χ0v) is 12.2. The van der Waals surface area contributed by atoms with E-state index in [4.69, 9.17) is 0 Å². The smallest absolute Gasteiger partial charge is 0.0779 e. The average Bonchev–Trinajstić information content (AvgIpc) is 2.49. The number of hydrogen-bond acceptors (Lipinski definition) is 2. The molecule has 0 saturated heterocycles. The van der Waals surface area contributed by atoms with E-state index < -0.39 is 0 Å². The summed E-state index contributed by atoms with van der Waals surface area (Å²) in [5, 5.41) is 9.58. The zero-order valence-electron chi connectivity index (χ0n) is 12.2. The lowest BCUT2D eigenvalue weighted by Gasteiger charge is -2.20. The maximum absolute atomic E-state index is 9.58. The van der Waals surface area contributed by atoms with E-state index in [2.05, 4.69) is 42.2 Å². The molecule has 20 heavy (non-hydrogen) atoms. The van der Waals surface area contributed by atoms with Crippen molar-refractivity contribution in [1.82, 2.24) is 0 Å². The Hall–Kier alpha value is -2.27. The summed E-state index contributed by atoms with van der Waals surface area (Å²) in [6.45, 7) is 2.12. The molecule has 0 aliphatic heterocycles. The van der Waals surface area contributed by atoms with Gasteiger partial charge in [-0.2, -0.15) is 5.26 Å². The van der Waals surface area contributed by atoms with Gasteiger partial charge >= 0.3 is 0 Å². The van der Waals surface area contributed by atoms with Gasteiger partial charge < -0.3 is 4.90 Å². The third-order valence-corrected chi connectivity index (χ3v) is 3.71. The molecular weight excluding hydrogens is 244 g/mol. The van der Waals surface area contributed by atoms with Crippen LogP contribution in [0.5, 0.6) is 0 Å². The summed E-state index contributed by atoms with van der Waals surface area (Å²) in [7, 11) is 4.03. The minimum atomic E-state index is -0.128. The monoisotopic (exact) mass is 264 g/mol. The summed E-state index contributed by atoms with van der Waals surface area (Å²) in [6.07, 6.45) is 0. The lowest BCUT2D eigenvalue weighted by molar-refractivity contribution is 0.686. The Bertz CT molecular complexity index is 596. The summed E-state index contributed by atoms with van der Waals surface area (Å²) in [5.74, 6) is 0.0518. The van der Waals surface area contributed by atoms with Gasteiger partial charge in [0.2, 0.25) is 0 Å². The first-order valence-electron chi connectivity index (χ1n) is 6.85. The van der Waals surface area contributed by atoms with E-state index >= 15 is 0 Å². The molecule has 0 aliphatic rings. The third-order valence-electron chi connectivity index (χ3n) is 3.71. The summed E-state index contributed by atoms with van der Waals surface area (Å²) in [5.41, 5.74) is 3.41. The van der Waals surface area contributed by atoms with Crippen LogP contribution in [0.15, 0.2) is 54.6 Å². The molecule has 0 N–H and O–H groups in total. The van der Waals surface area contributed by atoms with Crippen LogP contribution < -0.4 is 4.90 Å². The Balaban J connectivity index is 2.33. The van der Waals surface area contributed by atoms with Crippen LogP contribution in [-0.2, 0) is 0 Å². The maximum atomic E-state index is 9.58. The Morgan fingerprint density at radius 1 is 0.950 bits per heavy atom. The van der Waals surface area contributed by atoms with E-state index in [1.54, 1.807) is 0 Å². The van der Waals surface area contributed by atoms with Gasteiger partial charge in [-0.15, -0.1) is 0 Å². The minimum Gasteiger partial charge on any atom is -0.378 e. The topological polar surface area (TPSA) is 27.0 Å². The first kappa shape index (κ1) is 14.1. The van der Waals surface area contributed by atoms with E-state index in [9.17, 15) is 5.26 Å². The Kier molecular flexibility index (Phi) is 4.42. The van der Waals surface area contributed by atoms with Gasteiger partial charge in [0, 0.05) is 25.7 Å². The molecule has 0 bridgehead atoms. The van der Waals surface area contributed by atoms with Crippen molar-refractivity contribution in [2.24, 2.45) is 0 Å². The molecule has 2 aromatic rings. The first-order chi connectivity index (χ1) is 9.63. The van der Waals surface area contributed by atoms with Gasteiger partial charge in [-0.25, -0.2) is 0 Å². The number of hydrogen-bond donors (Lipinski definition) is 0. The van der Waals surface area contributed by atoms with E-state index in [1.165, 1.54) is 5.56 Å². The summed E-state index contributed by atoms with van der Waals surface area (Å²) in [4.78, 5) is 2.06. The number of nitrogens with zero attached hydrogens (tertiary/aromatic N) is 2. The van der Waals surface area contributed by atoms with Crippen LogP contribution in [-0.4, -0.2) is 14.1 Å². The van der Waals surface area contributed by atoms with E-state index in [-0.39, 0.29) is 11.8 Å².